The zero-order valence-electron chi connectivity index (χ0n) is 9.81. The summed E-state index contributed by atoms with van der Waals surface area (Å²) in [5.41, 5.74) is 0.183. The van der Waals surface area contributed by atoms with Crippen LogP contribution >= 0.6 is 0 Å². The molecule has 2 aromatic heterocycles. The van der Waals surface area contributed by atoms with E-state index in [0.29, 0.717) is 17.5 Å². The molecular formula is C12H12FN3O2. The van der Waals surface area contributed by atoms with Crippen molar-refractivity contribution in [1.29, 1.82) is 0 Å². The summed E-state index contributed by atoms with van der Waals surface area (Å²) in [5.74, 6) is -0.458. The fraction of sp³-hybridized carbons (Fsp3) is 0.250. The minimum Gasteiger partial charge on any atom is -0.296 e. The van der Waals surface area contributed by atoms with Crippen LogP contribution in [0.25, 0.3) is 0 Å². The Bertz CT molecular complexity index is 676. The number of rotatable bonds is 3. The van der Waals surface area contributed by atoms with E-state index in [9.17, 15) is 14.0 Å². The van der Waals surface area contributed by atoms with Crippen molar-refractivity contribution in [3.63, 3.8) is 0 Å². The highest BCUT2D eigenvalue weighted by molar-refractivity contribution is 5.12. The standard InChI is InChI=1S/C12H12FN3O2/c1-2-9-7-16(12(18)15-11(9)17)6-8-3-10(13)5-14-4-8/h3-5,7H,2,6H2,1H3,(H,15,17,18). The predicted octanol–water partition coefficient (Wildman–Crippen LogP) is 0.681. The van der Waals surface area contributed by atoms with Crippen LogP contribution in [-0.4, -0.2) is 14.5 Å². The largest absolute Gasteiger partial charge is 0.328 e. The summed E-state index contributed by atoms with van der Waals surface area (Å²) in [6, 6.07) is 1.30. The molecule has 18 heavy (non-hydrogen) atoms. The topological polar surface area (TPSA) is 67.8 Å². The van der Waals surface area contributed by atoms with Gasteiger partial charge in [-0.05, 0) is 18.1 Å². The van der Waals surface area contributed by atoms with E-state index in [1.807, 2.05) is 6.92 Å². The van der Waals surface area contributed by atoms with Gasteiger partial charge in [0.1, 0.15) is 5.82 Å². The Morgan fingerprint density at radius 1 is 1.39 bits per heavy atom. The van der Waals surface area contributed by atoms with Gasteiger partial charge < -0.3 is 0 Å². The van der Waals surface area contributed by atoms with Crippen LogP contribution in [0.1, 0.15) is 18.1 Å². The van der Waals surface area contributed by atoms with Crippen molar-refractivity contribution >= 4 is 0 Å². The maximum Gasteiger partial charge on any atom is 0.328 e. The summed E-state index contributed by atoms with van der Waals surface area (Å²) in [6.07, 6.45) is 4.59. The molecule has 0 bridgehead atoms. The third-order valence-corrected chi connectivity index (χ3v) is 2.58. The van der Waals surface area contributed by atoms with Crippen LogP contribution in [0.4, 0.5) is 4.39 Å². The van der Waals surface area contributed by atoms with Gasteiger partial charge in [-0.15, -0.1) is 0 Å². The number of hydrogen-bond acceptors (Lipinski definition) is 3. The van der Waals surface area contributed by atoms with E-state index in [4.69, 9.17) is 0 Å². The molecule has 0 saturated heterocycles. The van der Waals surface area contributed by atoms with Crippen molar-refractivity contribution in [3.05, 3.63) is 62.4 Å². The minimum atomic E-state index is -0.513. The number of nitrogens with one attached hydrogen (secondary N) is 1. The summed E-state index contributed by atoms with van der Waals surface area (Å²) in [7, 11) is 0. The molecular weight excluding hydrogens is 237 g/mol. The number of halogens is 1. The first-order chi connectivity index (χ1) is 8.60. The van der Waals surface area contributed by atoms with Crippen LogP contribution in [0.15, 0.2) is 34.2 Å². The number of aromatic nitrogens is 3. The highest BCUT2D eigenvalue weighted by Gasteiger charge is 2.04. The second-order valence-electron chi connectivity index (χ2n) is 3.91. The van der Waals surface area contributed by atoms with Gasteiger partial charge in [-0.2, -0.15) is 0 Å². The Morgan fingerprint density at radius 2 is 2.17 bits per heavy atom. The van der Waals surface area contributed by atoms with Crippen molar-refractivity contribution in [1.82, 2.24) is 14.5 Å². The minimum absolute atomic E-state index is 0.174. The first-order valence-corrected chi connectivity index (χ1v) is 5.52. The van der Waals surface area contributed by atoms with E-state index in [2.05, 4.69) is 9.97 Å². The van der Waals surface area contributed by atoms with Gasteiger partial charge in [-0.3, -0.25) is 19.3 Å². The third-order valence-electron chi connectivity index (χ3n) is 2.58. The summed E-state index contributed by atoms with van der Waals surface area (Å²) < 4.78 is 14.3. The molecule has 0 aliphatic heterocycles. The first kappa shape index (κ1) is 12.2. The monoisotopic (exact) mass is 249 g/mol. The molecule has 0 amide bonds. The molecule has 5 nitrogen and oxygen atoms in total. The second kappa shape index (κ2) is 4.95. The molecule has 2 rings (SSSR count). The number of hydrogen-bond donors (Lipinski definition) is 1. The van der Waals surface area contributed by atoms with Crippen LogP contribution in [0, 0.1) is 5.82 Å². The lowest BCUT2D eigenvalue weighted by atomic mass is 10.2. The quantitative estimate of drug-likeness (QED) is 0.869. The van der Waals surface area contributed by atoms with E-state index in [1.54, 1.807) is 0 Å². The van der Waals surface area contributed by atoms with Crippen molar-refractivity contribution in [2.75, 3.05) is 0 Å². The molecule has 0 unspecified atom stereocenters. The van der Waals surface area contributed by atoms with E-state index in [0.717, 1.165) is 6.20 Å². The number of pyridine rings is 1. The van der Waals surface area contributed by atoms with E-state index in [-0.39, 0.29) is 12.1 Å². The average Bonchev–Trinajstić information content (AvgIpc) is 2.33. The van der Waals surface area contributed by atoms with Crippen molar-refractivity contribution in [2.45, 2.75) is 19.9 Å². The van der Waals surface area contributed by atoms with Crippen LogP contribution in [0.5, 0.6) is 0 Å². The molecule has 0 aliphatic carbocycles. The fourth-order valence-corrected chi connectivity index (χ4v) is 1.66. The molecule has 0 fully saturated rings. The highest BCUT2D eigenvalue weighted by atomic mass is 19.1. The Hall–Kier alpha value is -2.24. The normalized spacial score (nSPS) is 10.6. The molecule has 0 spiro atoms. The number of nitrogens with zero attached hydrogens (tertiary/aromatic N) is 2. The van der Waals surface area contributed by atoms with Crippen LogP contribution < -0.4 is 11.2 Å². The van der Waals surface area contributed by atoms with Gasteiger partial charge in [-0.25, -0.2) is 9.18 Å². The van der Waals surface area contributed by atoms with E-state index >= 15 is 0 Å². The zero-order chi connectivity index (χ0) is 13.1. The molecule has 0 aliphatic rings. The summed E-state index contributed by atoms with van der Waals surface area (Å²) in [5, 5.41) is 0. The molecule has 0 saturated carbocycles. The lowest BCUT2D eigenvalue weighted by Gasteiger charge is -2.06. The Labute approximate surface area is 102 Å². The fourth-order valence-electron chi connectivity index (χ4n) is 1.66. The van der Waals surface area contributed by atoms with E-state index < -0.39 is 11.5 Å². The van der Waals surface area contributed by atoms with Gasteiger partial charge in [0.15, 0.2) is 0 Å². The SMILES string of the molecule is CCc1cn(Cc2cncc(F)c2)c(=O)[nH]c1=O. The van der Waals surface area contributed by atoms with Crippen molar-refractivity contribution < 1.29 is 4.39 Å². The summed E-state index contributed by atoms with van der Waals surface area (Å²) in [4.78, 5) is 28.9. The highest BCUT2D eigenvalue weighted by Crippen LogP contribution is 2.02. The predicted molar refractivity (Wildman–Crippen MR) is 64.0 cm³/mol. The molecule has 0 aromatic carbocycles. The van der Waals surface area contributed by atoms with Gasteiger partial charge in [0.25, 0.3) is 5.56 Å². The zero-order valence-corrected chi connectivity index (χ0v) is 9.81. The number of aryl methyl sites for hydroxylation is 1. The van der Waals surface area contributed by atoms with Crippen LogP contribution in [-0.2, 0) is 13.0 Å². The van der Waals surface area contributed by atoms with Crippen LogP contribution in [0.3, 0.4) is 0 Å². The van der Waals surface area contributed by atoms with Crippen molar-refractivity contribution in [3.8, 4) is 0 Å². The first-order valence-electron chi connectivity index (χ1n) is 5.52. The molecule has 2 heterocycles. The average molecular weight is 249 g/mol. The Balaban J connectivity index is 2.40. The van der Waals surface area contributed by atoms with Gasteiger partial charge >= 0.3 is 5.69 Å². The summed E-state index contributed by atoms with van der Waals surface area (Å²) in [6.45, 7) is 2.00. The van der Waals surface area contributed by atoms with Gasteiger partial charge in [0.05, 0.1) is 12.7 Å². The maximum absolute atomic E-state index is 13.0. The van der Waals surface area contributed by atoms with Gasteiger partial charge in [0, 0.05) is 18.0 Å². The lowest BCUT2D eigenvalue weighted by molar-refractivity contribution is 0.614. The van der Waals surface area contributed by atoms with Gasteiger partial charge in [0.2, 0.25) is 0 Å². The Morgan fingerprint density at radius 3 is 2.83 bits per heavy atom. The molecule has 0 atom stereocenters. The number of H-pyrrole nitrogens is 1. The molecule has 0 radical (unpaired) electrons. The molecule has 94 valence electrons. The maximum atomic E-state index is 13.0. The van der Waals surface area contributed by atoms with Crippen molar-refractivity contribution in [2.24, 2.45) is 0 Å². The Kier molecular flexibility index (Phi) is 3.36. The second-order valence-corrected chi connectivity index (χ2v) is 3.91. The lowest BCUT2D eigenvalue weighted by Crippen LogP contribution is -2.31. The molecule has 6 heteroatoms. The van der Waals surface area contributed by atoms with E-state index in [1.165, 1.54) is 23.0 Å². The third kappa shape index (κ3) is 2.53. The smallest absolute Gasteiger partial charge is 0.296 e. The molecule has 1 N–H and O–H groups in total. The molecule has 2 aromatic rings. The summed E-state index contributed by atoms with van der Waals surface area (Å²) >= 11 is 0. The van der Waals surface area contributed by atoms with Gasteiger partial charge in [-0.1, -0.05) is 6.92 Å². The van der Waals surface area contributed by atoms with Crippen LogP contribution in [0.2, 0.25) is 0 Å². The number of aromatic amines is 1.